The predicted molar refractivity (Wildman–Crippen MR) is 80.2 cm³/mol. The Bertz CT molecular complexity index is 706. The molecular formula is C14H14N4OS. The Morgan fingerprint density at radius 1 is 1.30 bits per heavy atom. The lowest BCUT2D eigenvalue weighted by Crippen LogP contribution is -1.97. The standard InChI is InChI=1S/C14H14N4OS/c1-10-8-18(9-16-10)12-4-3-11(7-13(12)19-2)17-14-15-5-6-20-14/h3-9H,1-2H3,(H,15,17). The van der Waals surface area contributed by atoms with Gasteiger partial charge < -0.3 is 14.6 Å². The fourth-order valence-electron chi connectivity index (χ4n) is 1.93. The van der Waals surface area contributed by atoms with E-state index in [-0.39, 0.29) is 0 Å². The van der Waals surface area contributed by atoms with Crippen LogP contribution in [0.15, 0.2) is 42.3 Å². The van der Waals surface area contributed by atoms with Crippen molar-refractivity contribution in [2.24, 2.45) is 0 Å². The van der Waals surface area contributed by atoms with Crippen LogP contribution in [-0.2, 0) is 0 Å². The van der Waals surface area contributed by atoms with E-state index in [0.29, 0.717) is 0 Å². The average molecular weight is 286 g/mol. The third kappa shape index (κ3) is 2.50. The van der Waals surface area contributed by atoms with E-state index < -0.39 is 0 Å². The maximum atomic E-state index is 5.46. The van der Waals surface area contributed by atoms with Crippen molar-refractivity contribution in [3.05, 3.63) is 48.0 Å². The first-order valence-corrected chi connectivity index (χ1v) is 7.00. The summed E-state index contributed by atoms with van der Waals surface area (Å²) in [5.41, 5.74) is 2.87. The van der Waals surface area contributed by atoms with E-state index in [4.69, 9.17) is 4.74 Å². The molecule has 1 aromatic carbocycles. The van der Waals surface area contributed by atoms with Crippen molar-refractivity contribution in [1.29, 1.82) is 0 Å². The third-order valence-electron chi connectivity index (χ3n) is 2.85. The van der Waals surface area contributed by atoms with Gasteiger partial charge in [-0.3, -0.25) is 0 Å². The third-order valence-corrected chi connectivity index (χ3v) is 3.54. The minimum absolute atomic E-state index is 0.781. The van der Waals surface area contributed by atoms with Gasteiger partial charge in [-0.05, 0) is 19.1 Å². The van der Waals surface area contributed by atoms with Crippen LogP contribution in [0.2, 0.25) is 0 Å². The first-order chi connectivity index (χ1) is 9.76. The van der Waals surface area contributed by atoms with Gasteiger partial charge in [0.15, 0.2) is 5.13 Å². The van der Waals surface area contributed by atoms with Gasteiger partial charge in [0.05, 0.1) is 24.8 Å². The topological polar surface area (TPSA) is 52.0 Å². The molecule has 0 unspecified atom stereocenters. The number of anilines is 2. The van der Waals surface area contributed by atoms with Gasteiger partial charge in [-0.2, -0.15) is 0 Å². The first-order valence-electron chi connectivity index (χ1n) is 6.12. The van der Waals surface area contributed by atoms with Crippen molar-refractivity contribution < 1.29 is 4.74 Å². The van der Waals surface area contributed by atoms with Crippen molar-refractivity contribution in [1.82, 2.24) is 14.5 Å². The van der Waals surface area contributed by atoms with Crippen LogP contribution >= 0.6 is 11.3 Å². The van der Waals surface area contributed by atoms with E-state index >= 15 is 0 Å². The van der Waals surface area contributed by atoms with E-state index in [1.165, 1.54) is 0 Å². The number of aromatic nitrogens is 3. The summed E-state index contributed by atoms with van der Waals surface area (Å²) >= 11 is 1.56. The zero-order valence-corrected chi connectivity index (χ0v) is 12.0. The molecule has 0 radical (unpaired) electrons. The smallest absolute Gasteiger partial charge is 0.187 e. The summed E-state index contributed by atoms with van der Waals surface area (Å²) in [5.74, 6) is 0.781. The SMILES string of the molecule is COc1cc(Nc2nccs2)ccc1-n1cnc(C)c1. The molecule has 2 heterocycles. The number of imidazole rings is 1. The highest BCUT2D eigenvalue weighted by Gasteiger charge is 2.07. The number of nitrogens with zero attached hydrogens (tertiary/aromatic N) is 3. The second-order valence-corrected chi connectivity index (χ2v) is 5.17. The molecule has 1 N–H and O–H groups in total. The second kappa shape index (κ2) is 5.34. The lowest BCUT2D eigenvalue weighted by atomic mass is 10.2. The highest BCUT2D eigenvalue weighted by Crippen LogP contribution is 2.28. The first kappa shape index (κ1) is 12.7. The summed E-state index contributed by atoms with van der Waals surface area (Å²) < 4.78 is 7.41. The number of hydrogen-bond acceptors (Lipinski definition) is 5. The molecule has 0 aliphatic heterocycles. The number of rotatable bonds is 4. The lowest BCUT2D eigenvalue weighted by molar-refractivity contribution is 0.413. The highest BCUT2D eigenvalue weighted by atomic mass is 32.1. The fraction of sp³-hybridized carbons (Fsp3) is 0.143. The van der Waals surface area contributed by atoms with Gasteiger partial charge in [-0.25, -0.2) is 9.97 Å². The number of benzene rings is 1. The summed E-state index contributed by atoms with van der Waals surface area (Å²) in [4.78, 5) is 8.44. The van der Waals surface area contributed by atoms with E-state index in [1.807, 2.05) is 41.3 Å². The molecule has 0 spiro atoms. The normalized spacial score (nSPS) is 10.5. The Kier molecular flexibility index (Phi) is 3.39. The molecule has 0 aliphatic rings. The molecular weight excluding hydrogens is 272 g/mol. The molecule has 0 amide bonds. The van der Waals surface area contributed by atoms with Gasteiger partial charge in [-0.1, -0.05) is 0 Å². The molecule has 0 saturated carbocycles. The molecule has 5 nitrogen and oxygen atoms in total. The van der Waals surface area contributed by atoms with Crippen LogP contribution < -0.4 is 10.1 Å². The summed E-state index contributed by atoms with van der Waals surface area (Å²) in [6.45, 7) is 1.96. The van der Waals surface area contributed by atoms with Crippen LogP contribution in [0.3, 0.4) is 0 Å². The molecule has 0 saturated heterocycles. The average Bonchev–Trinajstić information content (AvgIpc) is 3.10. The Morgan fingerprint density at radius 3 is 2.85 bits per heavy atom. The number of thiazole rings is 1. The second-order valence-electron chi connectivity index (χ2n) is 4.27. The minimum Gasteiger partial charge on any atom is -0.494 e. The van der Waals surface area contributed by atoms with Crippen LogP contribution in [-0.4, -0.2) is 21.6 Å². The minimum atomic E-state index is 0.781. The predicted octanol–water partition coefficient (Wildman–Crippen LogP) is 3.39. The molecule has 0 atom stereocenters. The number of aryl methyl sites for hydroxylation is 1. The number of nitrogens with one attached hydrogen (secondary N) is 1. The van der Waals surface area contributed by atoms with Gasteiger partial charge >= 0.3 is 0 Å². The Balaban J connectivity index is 1.93. The van der Waals surface area contributed by atoms with Gasteiger partial charge in [-0.15, -0.1) is 11.3 Å². The molecule has 0 fully saturated rings. The molecule has 102 valence electrons. The van der Waals surface area contributed by atoms with Gasteiger partial charge in [0.1, 0.15) is 5.75 Å². The van der Waals surface area contributed by atoms with Crippen molar-refractivity contribution >= 4 is 22.2 Å². The van der Waals surface area contributed by atoms with Crippen LogP contribution in [0.1, 0.15) is 5.69 Å². The summed E-state index contributed by atoms with van der Waals surface area (Å²) in [6.07, 6.45) is 5.51. The maximum absolute atomic E-state index is 5.46. The number of methoxy groups -OCH3 is 1. The summed E-state index contributed by atoms with van der Waals surface area (Å²) in [7, 11) is 1.66. The van der Waals surface area contributed by atoms with Gasteiger partial charge in [0, 0.05) is 29.5 Å². The zero-order valence-electron chi connectivity index (χ0n) is 11.2. The number of hydrogen-bond donors (Lipinski definition) is 1. The van der Waals surface area contributed by atoms with Gasteiger partial charge in [0.2, 0.25) is 0 Å². The lowest BCUT2D eigenvalue weighted by Gasteiger charge is -2.11. The van der Waals surface area contributed by atoms with Crippen LogP contribution in [0.5, 0.6) is 5.75 Å². The highest BCUT2D eigenvalue weighted by molar-refractivity contribution is 7.13. The Morgan fingerprint density at radius 2 is 2.20 bits per heavy atom. The summed E-state index contributed by atoms with van der Waals surface area (Å²) in [6, 6.07) is 5.94. The molecule has 2 aromatic heterocycles. The van der Waals surface area contributed by atoms with Gasteiger partial charge in [0.25, 0.3) is 0 Å². The molecule has 0 bridgehead atoms. The maximum Gasteiger partial charge on any atom is 0.187 e. The van der Waals surface area contributed by atoms with Crippen LogP contribution in [0.25, 0.3) is 5.69 Å². The molecule has 3 aromatic rings. The Hall–Kier alpha value is -2.34. The molecule has 20 heavy (non-hydrogen) atoms. The van der Waals surface area contributed by atoms with Crippen molar-refractivity contribution in [2.75, 3.05) is 12.4 Å². The Labute approximate surface area is 120 Å². The zero-order chi connectivity index (χ0) is 13.9. The van der Waals surface area contributed by atoms with Crippen molar-refractivity contribution in [3.63, 3.8) is 0 Å². The van der Waals surface area contributed by atoms with E-state index in [1.54, 1.807) is 31.0 Å². The largest absolute Gasteiger partial charge is 0.494 e. The molecule has 0 aliphatic carbocycles. The summed E-state index contributed by atoms with van der Waals surface area (Å²) in [5, 5.41) is 6.04. The van der Waals surface area contributed by atoms with Crippen LogP contribution in [0.4, 0.5) is 10.8 Å². The molecule has 6 heteroatoms. The number of ether oxygens (including phenoxy) is 1. The van der Waals surface area contributed by atoms with E-state index in [0.717, 1.165) is 27.9 Å². The van der Waals surface area contributed by atoms with Crippen LogP contribution in [0, 0.1) is 6.92 Å². The van der Waals surface area contributed by atoms with E-state index in [2.05, 4.69) is 15.3 Å². The quantitative estimate of drug-likeness (QED) is 0.798. The fourth-order valence-corrected chi connectivity index (χ4v) is 2.48. The molecule has 3 rings (SSSR count). The van der Waals surface area contributed by atoms with Crippen molar-refractivity contribution in [3.8, 4) is 11.4 Å². The monoisotopic (exact) mass is 286 g/mol. The van der Waals surface area contributed by atoms with E-state index in [9.17, 15) is 0 Å². The van der Waals surface area contributed by atoms with Crippen molar-refractivity contribution in [2.45, 2.75) is 6.92 Å².